The first kappa shape index (κ1) is 9.57. The van der Waals surface area contributed by atoms with E-state index in [0.717, 1.165) is 15.1 Å². The Balaban J connectivity index is 2.17. The molecule has 2 aromatic rings. The molecule has 6 heteroatoms. The van der Waals surface area contributed by atoms with Gasteiger partial charge in [-0.1, -0.05) is 17.4 Å². The molecule has 2 aromatic heterocycles. The number of pyridine rings is 1. The van der Waals surface area contributed by atoms with Crippen LogP contribution in [0.4, 0.5) is 0 Å². The normalized spacial score (nSPS) is 10.4. The molecule has 0 bridgehead atoms. The summed E-state index contributed by atoms with van der Waals surface area (Å²) in [5, 5.41) is 8.59. The number of hydrogen-bond acceptors (Lipinski definition) is 6. The van der Waals surface area contributed by atoms with Crippen molar-refractivity contribution in [1.82, 2.24) is 15.2 Å². The van der Waals surface area contributed by atoms with Crippen LogP contribution in [0.15, 0.2) is 33.1 Å². The first-order valence-electron chi connectivity index (χ1n) is 3.98. The lowest BCUT2D eigenvalue weighted by molar-refractivity contribution is 0.938. The van der Waals surface area contributed by atoms with Crippen LogP contribution in [0.1, 0.15) is 5.69 Å². The van der Waals surface area contributed by atoms with Gasteiger partial charge in [0.1, 0.15) is 10.5 Å². The van der Waals surface area contributed by atoms with Crippen molar-refractivity contribution in [3.63, 3.8) is 0 Å². The van der Waals surface area contributed by atoms with Crippen LogP contribution >= 0.6 is 23.1 Å². The monoisotopic (exact) mass is 224 g/mol. The van der Waals surface area contributed by atoms with E-state index in [2.05, 4.69) is 15.2 Å². The molecular weight excluding hydrogens is 216 g/mol. The lowest BCUT2D eigenvalue weighted by Crippen LogP contribution is -1.99. The van der Waals surface area contributed by atoms with Crippen molar-refractivity contribution < 1.29 is 0 Å². The van der Waals surface area contributed by atoms with E-state index in [-0.39, 0.29) is 0 Å². The highest BCUT2D eigenvalue weighted by atomic mass is 32.2. The lowest BCUT2D eigenvalue weighted by atomic mass is 10.4. The zero-order chi connectivity index (χ0) is 9.80. The third-order valence-corrected chi connectivity index (χ3v) is 3.24. The minimum absolute atomic E-state index is 0.463. The SMILES string of the molecule is NCc1cccc(Sc2nncs2)n1. The van der Waals surface area contributed by atoms with E-state index >= 15 is 0 Å². The van der Waals surface area contributed by atoms with Crippen LogP contribution in [0.25, 0.3) is 0 Å². The van der Waals surface area contributed by atoms with Crippen molar-refractivity contribution >= 4 is 23.1 Å². The van der Waals surface area contributed by atoms with Crippen LogP contribution in [0.5, 0.6) is 0 Å². The fourth-order valence-electron chi connectivity index (χ4n) is 0.925. The van der Waals surface area contributed by atoms with E-state index in [4.69, 9.17) is 5.73 Å². The maximum atomic E-state index is 5.49. The smallest absolute Gasteiger partial charge is 0.180 e. The van der Waals surface area contributed by atoms with Gasteiger partial charge in [0.2, 0.25) is 0 Å². The maximum absolute atomic E-state index is 5.49. The van der Waals surface area contributed by atoms with Gasteiger partial charge in [0.05, 0.1) is 5.69 Å². The summed E-state index contributed by atoms with van der Waals surface area (Å²) in [6, 6.07) is 5.79. The second kappa shape index (κ2) is 4.50. The summed E-state index contributed by atoms with van der Waals surface area (Å²) in [4.78, 5) is 4.34. The number of aromatic nitrogens is 3. The van der Waals surface area contributed by atoms with E-state index in [0.29, 0.717) is 6.54 Å². The van der Waals surface area contributed by atoms with Crippen molar-refractivity contribution in [1.29, 1.82) is 0 Å². The second-order valence-corrected chi connectivity index (χ2v) is 4.58. The summed E-state index contributed by atoms with van der Waals surface area (Å²) in [5.41, 5.74) is 8.09. The summed E-state index contributed by atoms with van der Waals surface area (Å²) in [6.45, 7) is 0.463. The number of nitrogens with two attached hydrogens (primary N) is 1. The van der Waals surface area contributed by atoms with Gasteiger partial charge >= 0.3 is 0 Å². The molecule has 0 aliphatic rings. The van der Waals surface area contributed by atoms with Crippen LogP contribution < -0.4 is 5.73 Å². The third kappa shape index (κ3) is 2.28. The topological polar surface area (TPSA) is 64.7 Å². The van der Waals surface area contributed by atoms with E-state index in [1.54, 1.807) is 5.51 Å². The molecule has 72 valence electrons. The summed E-state index contributed by atoms with van der Waals surface area (Å²) < 4.78 is 0.895. The Bertz CT molecular complexity index is 401. The zero-order valence-electron chi connectivity index (χ0n) is 7.25. The van der Waals surface area contributed by atoms with Crippen LogP contribution in [-0.2, 0) is 6.54 Å². The maximum Gasteiger partial charge on any atom is 0.180 e. The van der Waals surface area contributed by atoms with Gasteiger partial charge in [0.15, 0.2) is 4.34 Å². The number of rotatable bonds is 3. The molecule has 2 rings (SSSR count). The second-order valence-electron chi connectivity index (χ2n) is 2.48. The molecule has 0 saturated heterocycles. The van der Waals surface area contributed by atoms with Crippen molar-refractivity contribution in [3.05, 3.63) is 29.4 Å². The molecule has 14 heavy (non-hydrogen) atoms. The molecule has 0 spiro atoms. The highest BCUT2D eigenvalue weighted by Gasteiger charge is 2.02. The average molecular weight is 224 g/mol. The summed E-state index contributed by atoms with van der Waals surface area (Å²) in [7, 11) is 0. The highest BCUT2D eigenvalue weighted by molar-refractivity contribution is 8.00. The van der Waals surface area contributed by atoms with E-state index < -0.39 is 0 Å². The molecule has 0 radical (unpaired) electrons. The molecule has 0 aromatic carbocycles. The molecule has 2 heterocycles. The van der Waals surface area contributed by atoms with E-state index in [9.17, 15) is 0 Å². The van der Waals surface area contributed by atoms with Crippen LogP contribution in [-0.4, -0.2) is 15.2 Å². The van der Waals surface area contributed by atoms with Gasteiger partial charge < -0.3 is 5.73 Å². The Morgan fingerprint density at radius 3 is 3.07 bits per heavy atom. The van der Waals surface area contributed by atoms with Gasteiger partial charge in [0.25, 0.3) is 0 Å². The fraction of sp³-hybridized carbons (Fsp3) is 0.125. The first-order valence-corrected chi connectivity index (χ1v) is 5.68. The van der Waals surface area contributed by atoms with Gasteiger partial charge in [-0.3, -0.25) is 0 Å². The molecule has 0 saturated carbocycles. The van der Waals surface area contributed by atoms with Gasteiger partial charge in [-0.25, -0.2) is 4.98 Å². The molecule has 2 N–H and O–H groups in total. The van der Waals surface area contributed by atoms with Gasteiger partial charge in [-0.2, -0.15) is 0 Å². The van der Waals surface area contributed by atoms with Crippen LogP contribution in [0.3, 0.4) is 0 Å². The van der Waals surface area contributed by atoms with Gasteiger partial charge in [0, 0.05) is 6.54 Å². The Morgan fingerprint density at radius 1 is 1.43 bits per heavy atom. The summed E-state index contributed by atoms with van der Waals surface area (Å²) in [6.07, 6.45) is 0. The molecule has 0 atom stereocenters. The first-order chi connectivity index (χ1) is 6.88. The van der Waals surface area contributed by atoms with Crippen molar-refractivity contribution in [2.75, 3.05) is 0 Å². The van der Waals surface area contributed by atoms with Crippen molar-refractivity contribution in [2.45, 2.75) is 15.9 Å². The molecular formula is C8H8N4S2. The third-order valence-electron chi connectivity index (χ3n) is 1.52. The predicted molar refractivity (Wildman–Crippen MR) is 56.2 cm³/mol. The highest BCUT2D eigenvalue weighted by Crippen LogP contribution is 2.26. The molecule has 4 nitrogen and oxygen atoms in total. The summed E-state index contributed by atoms with van der Waals surface area (Å²) >= 11 is 3.00. The van der Waals surface area contributed by atoms with Crippen molar-refractivity contribution in [2.24, 2.45) is 5.73 Å². The van der Waals surface area contributed by atoms with Gasteiger partial charge in [-0.15, -0.1) is 10.2 Å². The zero-order valence-corrected chi connectivity index (χ0v) is 8.88. The standard InChI is InChI=1S/C8H8N4S2/c9-4-6-2-1-3-7(11-6)14-8-12-10-5-13-8/h1-3,5H,4,9H2. The lowest BCUT2D eigenvalue weighted by Gasteiger charge is -1.98. The van der Waals surface area contributed by atoms with Crippen LogP contribution in [0, 0.1) is 0 Å². The Kier molecular flexibility index (Phi) is 3.07. The average Bonchev–Trinajstić information content (AvgIpc) is 2.71. The Hall–Kier alpha value is -0.980. The number of nitrogens with zero attached hydrogens (tertiary/aromatic N) is 3. The minimum atomic E-state index is 0.463. The van der Waals surface area contributed by atoms with Gasteiger partial charge in [-0.05, 0) is 23.9 Å². The molecule has 0 aliphatic carbocycles. The Labute approximate surface area is 89.6 Å². The molecule has 0 amide bonds. The van der Waals surface area contributed by atoms with Crippen LogP contribution in [0.2, 0.25) is 0 Å². The molecule has 0 fully saturated rings. The van der Waals surface area contributed by atoms with E-state index in [1.165, 1.54) is 23.1 Å². The fourth-order valence-corrected chi connectivity index (χ4v) is 2.36. The molecule has 0 aliphatic heterocycles. The predicted octanol–water partition coefficient (Wildman–Crippen LogP) is 1.54. The minimum Gasteiger partial charge on any atom is -0.325 e. The quantitative estimate of drug-likeness (QED) is 0.856. The molecule has 0 unspecified atom stereocenters. The summed E-state index contributed by atoms with van der Waals surface area (Å²) in [5.74, 6) is 0. The van der Waals surface area contributed by atoms with E-state index in [1.807, 2.05) is 18.2 Å². The van der Waals surface area contributed by atoms with Crippen molar-refractivity contribution in [3.8, 4) is 0 Å². The largest absolute Gasteiger partial charge is 0.325 e. The Morgan fingerprint density at radius 2 is 2.36 bits per heavy atom. The number of hydrogen-bond donors (Lipinski definition) is 1.